The van der Waals surface area contributed by atoms with Gasteiger partial charge >= 0.3 is 23.5 Å². The predicted octanol–water partition coefficient (Wildman–Crippen LogP) is 14.2. The SMILES string of the molecule is CC(=O)O[C@@H](C1C[C@@H](C)C2C(O1)[C@H](O)[C@@]1(C)[C@@H]3CC[C@H]4C(C)(C)C(O)CC[C@@]45CC35CC[C@]21C)C(C)(C)O.CC(=O)O[C@@H](C1C[C@@H](C)C2C(O1)[C@H](O)[C@@]1(C)[C@@H]3CC[C@H]4C(C)(C)C(OC(=O)Oc5ccc([N+](=O)[O-])cc5)CC[C@@]45CC35CC[C@]21C)C(C)(C)O.O=C(Cl)Oc1ccc([N+](=O)[O-])cc1. The van der Waals surface area contributed by atoms with E-state index in [0.29, 0.717) is 41.9 Å². The third kappa shape index (κ3) is 11.5. The Labute approximate surface area is 599 Å². The zero-order valence-corrected chi connectivity index (χ0v) is 62.7. The van der Waals surface area contributed by atoms with Gasteiger partial charge in [-0.1, -0.05) is 69.2 Å². The summed E-state index contributed by atoms with van der Waals surface area (Å²) >= 11 is 4.92. The molecule has 10 unspecified atom stereocenters. The molecule has 26 atom stereocenters. The van der Waals surface area contributed by atoms with Crippen molar-refractivity contribution in [3.05, 3.63) is 68.8 Å². The first-order valence-electron chi connectivity index (χ1n) is 37.2. The number of benzene rings is 2. The standard InChI is InChI=1S/C39H55NO10.C32H52O6.C7H4ClNO4/c1-21-19-25(32(35(5,6)44)47-22(2)41)49-30-29(21)36(7)17-18-39-20-38(39)16-15-28(50-33(43)48-24-11-9-23(10-12-24)40(45)46)34(3,4)26(38)13-14-27(39)37(36,8)31(30)42;1-17-15-19(26(28(5,6)36)37-18(2)33)38-24-23(17)29(7)13-14-32-16-31(32)12-11-22(34)27(3,4)20(31)9-10-21(32)30(29,8)25(24)35;8-7(10)13-6-3-1-5(2-4-6)9(11)12/h9-12,21,25-32,42,44H,13-20H2,1-8H3;17,19-26,34-36H,9-16H2,1-8H3;1-4H/t21-,25?,26+,27+,28?,29?,30?,31+,32+,36-,37-,38-,39?;17-,19?,20+,21+,22?,23?,24?,25+,26+,29-,30-,31-,32?;/m11./s1. The molecule has 10 saturated carbocycles. The van der Waals surface area contributed by atoms with Gasteiger partial charge in [0.15, 0.2) is 12.2 Å². The van der Waals surface area contributed by atoms with Gasteiger partial charge in [-0.2, -0.15) is 0 Å². The van der Waals surface area contributed by atoms with Crippen LogP contribution < -0.4 is 9.47 Å². The molecule has 12 aliphatic rings. The summed E-state index contributed by atoms with van der Waals surface area (Å²) in [6, 6.07) is 10.4. The highest BCUT2D eigenvalue weighted by Crippen LogP contribution is 2.91. The van der Waals surface area contributed by atoms with Gasteiger partial charge < -0.3 is 58.7 Å². The van der Waals surface area contributed by atoms with Crippen LogP contribution in [0.5, 0.6) is 11.5 Å². The number of aliphatic hydroxyl groups excluding tert-OH is 3. The highest BCUT2D eigenvalue weighted by atomic mass is 35.5. The van der Waals surface area contributed by atoms with Crippen LogP contribution in [0, 0.1) is 122 Å². The van der Waals surface area contributed by atoms with Crippen molar-refractivity contribution in [3.8, 4) is 11.5 Å². The molecular formula is C78H111ClN2O20. The average molecular weight is 1430 g/mol. The van der Waals surface area contributed by atoms with Gasteiger partial charge in [0.05, 0.1) is 63.8 Å². The van der Waals surface area contributed by atoms with Crippen LogP contribution in [0.3, 0.4) is 0 Å². The monoisotopic (exact) mass is 1430 g/mol. The Morgan fingerprint density at radius 1 is 0.545 bits per heavy atom. The van der Waals surface area contributed by atoms with Gasteiger partial charge in [0.25, 0.3) is 11.4 Å². The number of halogens is 1. The van der Waals surface area contributed by atoms with Crippen molar-refractivity contribution in [2.75, 3.05) is 0 Å². The van der Waals surface area contributed by atoms with Crippen molar-refractivity contribution in [2.24, 2.45) is 101 Å². The fourth-order valence-corrected chi connectivity index (χ4v) is 26.6. The van der Waals surface area contributed by atoms with Crippen molar-refractivity contribution in [2.45, 2.75) is 286 Å². The number of carbonyl (C=O) groups excluding carboxylic acids is 4. The molecule has 22 nitrogen and oxygen atoms in total. The van der Waals surface area contributed by atoms with Gasteiger partial charge in [0.2, 0.25) is 0 Å². The number of esters is 2. The number of carbonyl (C=O) groups is 4. The van der Waals surface area contributed by atoms with E-state index in [2.05, 4.69) is 74.0 Å². The van der Waals surface area contributed by atoms with E-state index < -0.39 is 87.3 Å². The Hall–Kier alpha value is -5.07. The third-order valence-electron chi connectivity index (χ3n) is 31.0. The number of fused-ring (bicyclic) bond motifs is 8. The van der Waals surface area contributed by atoms with Gasteiger partial charge in [-0.25, -0.2) is 9.59 Å². The number of aliphatic hydroxyl groups is 5. The number of hydrogen-bond donors (Lipinski definition) is 5. The van der Waals surface area contributed by atoms with Gasteiger partial charge in [-0.3, -0.25) is 29.8 Å². The van der Waals surface area contributed by atoms with Crippen molar-refractivity contribution in [1.29, 1.82) is 0 Å². The normalized spacial score (nSPS) is 44.1. The first-order chi connectivity index (χ1) is 46.8. The second kappa shape index (κ2) is 25.3. The summed E-state index contributed by atoms with van der Waals surface area (Å²) in [7, 11) is 0. The van der Waals surface area contributed by atoms with E-state index in [1.165, 1.54) is 75.2 Å². The van der Waals surface area contributed by atoms with Crippen molar-refractivity contribution >= 4 is 46.5 Å². The van der Waals surface area contributed by atoms with E-state index >= 15 is 0 Å². The fraction of sp³-hybridized carbons (Fsp3) is 0.795. The van der Waals surface area contributed by atoms with E-state index in [1.807, 2.05) is 0 Å². The smallest absolute Gasteiger partial charge is 0.457 e. The summed E-state index contributed by atoms with van der Waals surface area (Å²) < 4.78 is 40.8. The Bertz CT molecular complexity index is 3560. The molecule has 2 aliphatic heterocycles. The largest absolute Gasteiger partial charge is 0.514 e. The molecular weight excluding hydrogens is 1320 g/mol. The second-order valence-corrected chi connectivity index (χ2v) is 37.1. The van der Waals surface area contributed by atoms with Crippen LogP contribution in [-0.4, -0.2) is 131 Å². The highest BCUT2D eigenvalue weighted by molar-refractivity contribution is 6.61. The molecule has 0 radical (unpaired) electrons. The van der Waals surface area contributed by atoms with E-state index in [1.54, 1.807) is 27.7 Å². The number of ether oxygens (including phenoxy) is 7. The van der Waals surface area contributed by atoms with Crippen LogP contribution in [0.25, 0.3) is 0 Å². The molecule has 0 bridgehead atoms. The lowest BCUT2D eigenvalue weighted by molar-refractivity contribution is -0.385. The number of hydrogen-bond acceptors (Lipinski definition) is 20. The first-order valence-corrected chi connectivity index (χ1v) is 37.6. The zero-order valence-electron chi connectivity index (χ0n) is 62.0. The van der Waals surface area contributed by atoms with Gasteiger partial charge in [-0.15, -0.1) is 0 Å². The van der Waals surface area contributed by atoms with Crippen LogP contribution in [0.2, 0.25) is 0 Å². The van der Waals surface area contributed by atoms with Crippen molar-refractivity contribution < 1.29 is 87.7 Å². The van der Waals surface area contributed by atoms with Crippen molar-refractivity contribution in [1.82, 2.24) is 0 Å². The highest BCUT2D eigenvalue weighted by Gasteiger charge is 2.87. The molecule has 2 aromatic carbocycles. The lowest BCUT2D eigenvalue weighted by atomic mass is 9.41. The Balaban J connectivity index is 0.000000166. The molecule has 12 fully saturated rings. The molecule has 23 heteroatoms. The molecule has 560 valence electrons. The molecule has 2 saturated heterocycles. The summed E-state index contributed by atoms with van der Waals surface area (Å²) in [6.07, 6.45) is 10.1. The number of non-ortho nitro benzene ring substituents is 2. The minimum atomic E-state index is -1.30. The molecule has 5 N–H and O–H groups in total. The average Bonchev–Trinajstić information content (AvgIpc) is 1.47. The molecule has 2 aromatic rings. The van der Waals surface area contributed by atoms with Crippen LogP contribution in [0.15, 0.2) is 48.5 Å². The molecule has 14 rings (SSSR count). The number of nitrogens with zero attached hydrogens (tertiary/aromatic N) is 2. The predicted molar refractivity (Wildman–Crippen MR) is 371 cm³/mol. The molecule has 0 aromatic heterocycles. The van der Waals surface area contributed by atoms with Crippen LogP contribution in [0.4, 0.5) is 21.0 Å². The van der Waals surface area contributed by atoms with Gasteiger partial charge in [0.1, 0.15) is 17.6 Å². The Kier molecular flexibility index (Phi) is 18.9. The maximum atomic E-state index is 13.0. The van der Waals surface area contributed by atoms with Gasteiger partial charge in [-0.05, 0) is 240 Å². The minimum absolute atomic E-state index is 0.0383. The minimum Gasteiger partial charge on any atom is -0.457 e. The quantitative estimate of drug-likeness (QED) is 0.0348. The summed E-state index contributed by atoms with van der Waals surface area (Å²) in [4.78, 5) is 67.4. The molecule has 2 heterocycles. The van der Waals surface area contributed by atoms with Gasteiger partial charge in [0, 0.05) is 66.0 Å². The summed E-state index contributed by atoms with van der Waals surface area (Å²) in [5.41, 5.74) is -4.03. The Morgan fingerprint density at radius 3 is 1.29 bits per heavy atom. The van der Waals surface area contributed by atoms with Crippen LogP contribution >= 0.6 is 11.6 Å². The maximum absolute atomic E-state index is 13.0. The van der Waals surface area contributed by atoms with E-state index in [-0.39, 0.29) is 114 Å². The lowest BCUT2D eigenvalue weighted by Gasteiger charge is -2.63. The third-order valence-corrected chi connectivity index (χ3v) is 31.0. The van der Waals surface area contributed by atoms with Crippen LogP contribution in [0.1, 0.15) is 214 Å². The zero-order chi connectivity index (χ0) is 74.1. The molecule has 0 amide bonds. The molecule has 101 heavy (non-hydrogen) atoms. The summed E-state index contributed by atoms with van der Waals surface area (Å²) in [5.74, 6) is 2.02. The van der Waals surface area contributed by atoms with Crippen molar-refractivity contribution in [3.63, 3.8) is 0 Å². The summed E-state index contributed by atoms with van der Waals surface area (Å²) in [6.45, 7) is 32.4. The number of nitro benzene ring substituents is 2. The molecule has 4 spiro atoms. The second-order valence-electron chi connectivity index (χ2n) is 36.8. The van der Waals surface area contributed by atoms with E-state index in [9.17, 15) is 64.9 Å². The number of rotatable bonds is 11. The van der Waals surface area contributed by atoms with Crippen LogP contribution in [-0.2, 0) is 33.3 Å². The maximum Gasteiger partial charge on any atom is 0.514 e. The van der Waals surface area contributed by atoms with E-state index in [4.69, 9.17) is 40.0 Å². The molecule has 10 aliphatic carbocycles. The van der Waals surface area contributed by atoms with E-state index in [0.717, 1.165) is 77.0 Å². The number of nitro groups is 2. The lowest BCUT2D eigenvalue weighted by Crippen LogP contribution is -2.60. The fourth-order valence-electron chi connectivity index (χ4n) is 26.5. The topological polar surface area (TPSA) is 320 Å². The summed E-state index contributed by atoms with van der Waals surface area (Å²) in [5, 5.41) is 78.9. The first kappa shape index (κ1) is 75.6. The Morgan fingerprint density at radius 2 is 0.911 bits per heavy atom.